The van der Waals surface area contributed by atoms with Crippen LogP contribution in [-0.4, -0.2) is 64.6 Å². The number of carbonyl (C=O) groups is 4. The SMILES string of the molecule is CON=CC(=O)N[C@]1(c2csc(N)n2)CON(C2(C(=O)O)CCC(=O)O2)C1=O. The van der Waals surface area contributed by atoms with E-state index in [-0.39, 0.29) is 23.7 Å². The molecule has 1 aromatic heterocycles. The summed E-state index contributed by atoms with van der Waals surface area (Å²) in [4.78, 5) is 62.5. The van der Waals surface area contributed by atoms with Gasteiger partial charge in [0, 0.05) is 11.8 Å². The molecule has 14 heteroatoms. The van der Waals surface area contributed by atoms with Crippen LogP contribution in [0.5, 0.6) is 0 Å². The molecule has 0 aliphatic carbocycles. The first-order valence-electron chi connectivity index (χ1n) is 7.78. The summed E-state index contributed by atoms with van der Waals surface area (Å²) in [6, 6.07) is 0. The standard InChI is InChI=1S/C14H15N5O8S/c1-25-16-4-8(20)18-13(7-5-28-12(15)17-7)6-26-19(10(13)22)14(11(23)24)3-2-9(21)27-14/h4-5H,2-3,6H2,1H3,(H2,15,17)(H,18,20)(H,23,24)/t13-,14?/m0/s1. The van der Waals surface area contributed by atoms with Crippen LogP contribution >= 0.6 is 11.3 Å². The number of cyclic esters (lactones) is 1. The lowest BCUT2D eigenvalue weighted by atomic mass is 9.95. The third-order valence-corrected chi connectivity index (χ3v) is 4.82. The van der Waals surface area contributed by atoms with Crippen LogP contribution in [0.15, 0.2) is 10.5 Å². The molecule has 2 saturated heterocycles. The lowest BCUT2D eigenvalue weighted by molar-refractivity contribution is -0.256. The Morgan fingerprint density at radius 1 is 1.54 bits per heavy atom. The molecule has 1 aromatic rings. The Kier molecular flexibility index (Phi) is 4.91. The van der Waals surface area contributed by atoms with E-state index < -0.39 is 41.6 Å². The van der Waals surface area contributed by atoms with Crippen molar-refractivity contribution in [1.29, 1.82) is 0 Å². The van der Waals surface area contributed by atoms with Crippen LogP contribution in [0, 0.1) is 0 Å². The Morgan fingerprint density at radius 3 is 2.82 bits per heavy atom. The number of nitrogen functional groups attached to an aromatic ring is 1. The van der Waals surface area contributed by atoms with Crippen LogP contribution in [0.2, 0.25) is 0 Å². The molecule has 3 rings (SSSR count). The summed E-state index contributed by atoms with van der Waals surface area (Å²) in [5.74, 6) is -4.22. The largest absolute Gasteiger partial charge is 0.477 e. The highest BCUT2D eigenvalue weighted by molar-refractivity contribution is 7.13. The summed E-state index contributed by atoms with van der Waals surface area (Å²) < 4.78 is 4.91. The number of nitrogens with two attached hydrogens (primary N) is 1. The molecular weight excluding hydrogens is 398 g/mol. The molecule has 4 N–H and O–H groups in total. The van der Waals surface area contributed by atoms with Crippen LogP contribution in [0.3, 0.4) is 0 Å². The fourth-order valence-corrected chi connectivity index (χ4v) is 3.47. The molecule has 1 unspecified atom stereocenters. The van der Waals surface area contributed by atoms with Gasteiger partial charge in [-0.1, -0.05) is 5.16 Å². The van der Waals surface area contributed by atoms with Gasteiger partial charge < -0.3 is 25.7 Å². The molecule has 28 heavy (non-hydrogen) atoms. The number of hydrogen-bond donors (Lipinski definition) is 3. The van der Waals surface area contributed by atoms with Crippen molar-refractivity contribution in [3.63, 3.8) is 0 Å². The van der Waals surface area contributed by atoms with E-state index in [1.165, 1.54) is 12.5 Å². The fraction of sp³-hybridized carbons (Fsp3) is 0.429. The lowest BCUT2D eigenvalue weighted by Crippen LogP contribution is -2.60. The molecule has 150 valence electrons. The van der Waals surface area contributed by atoms with Gasteiger partial charge in [-0.2, -0.15) is 5.06 Å². The normalized spacial score (nSPS) is 27.2. The number of hydrogen-bond acceptors (Lipinski definition) is 11. The van der Waals surface area contributed by atoms with E-state index in [2.05, 4.69) is 20.3 Å². The number of carboxylic acids is 1. The molecule has 3 heterocycles. The molecule has 0 radical (unpaired) electrons. The molecule has 0 aromatic carbocycles. The van der Waals surface area contributed by atoms with Gasteiger partial charge in [0.05, 0.1) is 12.1 Å². The van der Waals surface area contributed by atoms with E-state index in [1.807, 2.05) is 0 Å². The fourth-order valence-electron chi connectivity index (χ4n) is 2.83. The Bertz CT molecular complexity index is 872. The number of ether oxygens (including phenoxy) is 1. The number of amides is 2. The van der Waals surface area contributed by atoms with Gasteiger partial charge in [0.1, 0.15) is 19.9 Å². The quantitative estimate of drug-likeness (QED) is 0.284. The van der Waals surface area contributed by atoms with Crippen LogP contribution in [-0.2, 0) is 39.1 Å². The Balaban J connectivity index is 2.01. The number of oxime groups is 1. The maximum atomic E-state index is 13.2. The molecule has 2 amide bonds. The van der Waals surface area contributed by atoms with E-state index in [4.69, 9.17) is 15.3 Å². The number of nitrogens with one attached hydrogen (secondary N) is 1. The van der Waals surface area contributed by atoms with E-state index >= 15 is 0 Å². The minimum absolute atomic E-state index is 0.0338. The second-order valence-corrected chi connectivity index (χ2v) is 6.71. The highest BCUT2D eigenvalue weighted by Gasteiger charge is 2.64. The third kappa shape index (κ3) is 3.01. The second-order valence-electron chi connectivity index (χ2n) is 5.82. The molecule has 0 bridgehead atoms. The molecule has 2 atom stereocenters. The Morgan fingerprint density at radius 2 is 2.29 bits per heavy atom. The Labute approximate surface area is 161 Å². The van der Waals surface area contributed by atoms with Crippen LogP contribution in [0.4, 0.5) is 5.13 Å². The monoisotopic (exact) mass is 413 g/mol. The third-order valence-electron chi connectivity index (χ3n) is 4.14. The van der Waals surface area contributed by atoms with Crippen molar-refractivity contribution >= 4 is 46.4 Å². The summed E-state index contributed by atoms with van der Waals surface area (Å²) in [5.41, 5.74) is 1.42. The molecule has 0 spiro atoms. The van der Waals surface area contributed by atoms with E-state index in [9.17, 15) is 24.3 Å². The van der Waals surface area contributed by atoms with Crippen molar-refractivity contribution < 1.29 is 38.7 Å². The van der Waals surface area contributed by atoms with Crippen molar-refractivity contribution in [2.75, 3.05) is 19.5 Å². The zero-order valence-electron chi connectivity index (χ0n) is 14.4. The molecular formula is C14H15N5O8S. The highest BCUT2D eigenvalue weighted by atomic mass is 32.1. The van der Waals surface area contributed by atoms with Crippen molar-refractivity contribution in [3.05, 3.63) is 11.1 Å². The van der Waals surface area contributed by atoms with Crippen LogP contribution in [0.25, 0.3) is 0 Å². The first-order valence-corrected chi connectivity index (χ1v) is 8.66. The van der Waals surface area contributed by atoms with Gasteiger partial charge in [-0.3, -0.25) is 19.2 Å². The summed E-state index contributed by atoms with van der Waals surface area (Å²) >= 11 is 1.01. The molecule has 2 aliphatic rings. The minimum Gasteiger partial charge on any atom is -0.477 e. The maximum Gasteiger partial charge on any atom is 0.372 e. The van der Waals surface area contributed by atoms with E-state index in [0.29, 0.717) is 5.06 Å². The van der Waals surface area contributed by atoms with Gasteiger partial charge >= 0.3 is 17.7 Å². The number of anilines is 1. The van der Waals surface area contributed by atoms with Gasteiger partial charge in [0.15, 0.2) is 10.7 Å². The van der Waals surface area contributed by atoms with Crippen molar-refractivity contribution in [3.8, 4) is 0 Å². The molecule has 13 nitrogen and oxygen atoms in total. The number of aromatic nitrogens is 1. The van der Waals surface area contributed by atoms with Gasteiger partial charge in [0.2, 0.25) is 0 Å². The summed E-state index contributed by atoms with van der Waals surface area (Å²) in [6.45, 7) is -0.506. The van der Waals surface area contributed by atoms with E-state index in [1.54, 1.807) is 0 Å². The average molecular weight is 413 g/mol. The van der Waals surface area contributed by atoms with E-state index in [0.717, 1.165) is 17.6 Å². The van der Waals surface area contributed by atoms with Crippen LogP contribution < -0.4 is 11.1 Å². The first kappa shape index (κ1) is 19.5. The molecule has 2 fully saturated rings. The second kappa shape index (κ2) is 7.05. The zero-order chi connectivity index (χ0) is 20.5. The summed E-state index contributed by atoms with van der Waals surface area (Å²) in [7, 11) is 1.22. The molecule has 0 saturated carbocycles. The zero-order valence-corrected chi connectivity index (χ0v) is 15.2. The highest BCUT2D eigenvalue weighted by Crippen LogP contribution is 2.40. The number of aliphatic carboxylic acids is 1. The number of rotatable bonds is 6. The molecule has 2 aliphatic heterocycles. The number of esters is 1. The Hall–Kier alpha value is -3.26. The lowest BCUT2D eigenvalue weighted by Gasteiger charge is -2.32. The van der Waals surface area contributed by atoms with Gasteiger partial charge in [0.25, 0.3) is 11.8 Å². The first-order chi connectivity index (χ1) is 13.2. The minimum atomic E-state index is -2.34. The number of carboxylic acid groups (broad SMARTS) is 1. The van der Waals surface area contributed by atoms with Gasteiger partial charge in [-0.05, 0) is 0 Å². The van der Waals surface area contributed by atoms with Crippen molar-refractivity contribution in [2.24, 2.45) is 5.16 Å². The number of hydroxylamine groups is 2. The average Bonchev–Trinajstić information content (AvgIpc) is 3.33. The summed E-state index contributed by atoms with van der Waals surface area (Å²) in [6.07, 6.45) is 0.236. The van der Waals surface area contributed by atoms with Crippen molar-refractivity contribution in [2.45, 2.75) is 24.1 Å². The van der Waals surface area contributed by atoms with Gasteiger partial charge in [-0.15, -0.1) is 11.3 Å². The number of thiazole rings is 1. The summed E-state index contributed by atoms with van der Waals surface area (Å²) in [5, 5.41) is 17.3. The van der Waals surface area contributed by atoms with Gasteiger partial charge in [-0.25, -0.2) is 9.78 Å². The van der Waals surface area contributed by atoms with Crippen LogP contribution in [0.1, 0.15) is 18.5 Å². The number of carbonyl (C=O) groups excluding carboxylic acids is 3. The smallest absolute Gasteiger partial charge is 0.372 e. The topological polar surface area (TPSA) is 183 Å². The predicted octanol–water partition coefficient (Wildman–Crippen LogP) is -1.44. The predicted molar refractivity (Wildman–Crippen MR) is 90.3 cm³/mol. The maximum absolute atomic E-state index is 13.2. The van der Waals surface area contributed by atoms with Crippen molar-refractivity contribution in [1.82, 2.24) is 15.4 Å². The number of nitrogens with zero attached hydrogens (tertiary/aromatic N) is 3.